The number of primary amides is 1. The summed E-state index contributed by atoms with van der Waals surface area (Å²) in [5.74, 6) is 0.187. The number of carbonyl (C=O) groups excluding carboxylic acids is 2. The molecule has 2 aromatic carbocycles. The topological polar surface area (TPSA) is 101 Å². The molecule has 1 aliphatic heterocycles. The smallest absolute Gasteiger partial charge is 0.339 e. The van der Waals surface area contributed by atoms with Crippen molar-refractivity contribution in [2.75, 3.05) is 13.4 Å². The number of amides is 1. The first-order chi connectivity index (χ1) is 14.6. The number of aromatic nitrogens is 1. The Balaban J connectivity index is 1.60. The zero-order valence-corrected chi connectivity index (χ0v) is 16.0. The van der Waals surface area contributed by atoms with Crippen LogP contribution in [-0.2, 0) is 16.0 Å². The molecule has 0 atom stereocenters. The number of nitrogens with zero attached hydrogens (tertiary/aromatic N) is 1. The number of fused-ring (bicyclic) bond motifs is 3. The molecular formula is C23H18N2O5. The number of carbonyl (C=O) groups is 2. The highest BCUT2D eigenvalue weighted by molar-refractivity contribution is 6.07. The lowest BCUT2D eigenvalue weighted by molar-refractivity contribution is -0.121. The van der Waals surface area contributed by atoms with Gasteiger partial charge < -0.3 is 19.9 Å². The summed E-state index contributed by atoms with van der Waals surface area (Å²) in [7, 11) is 0. The molecule has 0 fully saturated rings. The van der Waals surface area contributed by atoms with Gasteiger partial charge in [0.1, 0.15) is 0 Å². The highest BCUT2D eigenvalue weighted by Gasteiger charge is 2.28. The predicted octanol–water partition coefficient (Wildman–Crippen LogP) is 3.09. The molecule has 1 amide bonds. The number of benzene rings is 2. The van der Waals surface area contributed by atoms with E-state index in [1.54, 1.807) is 0 Å². The molecule has 1 aromatic heterocycles. The van der Waals surface area contributed by atoms with Crippen LogP contribution in [0.5, 0.6) is 11.5 Å². The van der Waals surface area contributed by atoms with Crippen molar-refractivity contribution in [3.8, 4) is 11.5 Å². The van der Waals surface area contributed by atoms with Crippen molar-refractivity contribution in [1.82, 2.24) is 4.98 Å². The highest BCUT2D eigenvalue weighted by atomic mass is 16.7. The summed E-state index contributed by atoms with van der Waals surface area (Å²) in [5.41, 5.74) is 9.88. The van der Waals surface area contributed by atoms with Crippen molar-refractivity contribution in [3.63, 3.8) is 0 Å². The highest BCUT2D eigenvalue weighted by Crippen LogP contribution is 2.39. The van der Waals surface area contributed by atoms with E-state index in [0.29, 0.717) is 28.6 Å². The molecule has 2 aliphatic rings. The first kappa shape index (κ1) is 18.2. The van der Waals surface area contributed by atoms with Gasteiger partial charge in [0.15, 0.2) is 18.1 Å². The minimum atomic E-state index is -0.693. The number of allylic oxidation sites excluding steroid dienone is 1. The molecule has 150 valence electrons. The van der Waals surface area contributed by atoms with E-state index >= 15 is 0 Å². The fourth-order valence-electron chi connectivity index (χ4n) is 3.93. The van der Waals surface area contributed by atoms with Crippen LogP contribution in [0.25, 0.3) is 22.6 Å². The van der Waals surface area contributed by atoms with Crippen LogP contribution >= 0.6 is 0 Å². The van der Waals surface area contributed by atoms with Crippen LogP contribution in [0, 0.1) is 0 Å². The number of hydrogen-bond acceptors (Lipinski definition) is 6. The first-order valence-electron chi connectivity index (χ1n) is 9.58. The molecule has 5 rings (SSSR count). The van der Waals surface area contributed by atoms with Gasteiger partial charge in [0.25, 0.3) is 5.91 Å². The second kappa shape index (κ2) is 7.18. The number of rotatable bonds is 4. The third-order valence-corrected chi connectivity index (χ3v) is 5.23. The van der Waals surface area contributed by atoms with Gasteiger partial charge >= 0.3 is 5.97 Å². The Labute approximate surface area is 172 Å². The maximum atomic E-state index is 12.8. The molecule has 3 aromatic rings. The predicted molar refractivity (Wildman–Crippen MR) is 110 cm³/mol. The number of esters is 1. The SMILES string of the molecule is NC(=O)COC(=O)c1c2c(nc3ccccc13)/C(=C\c1ccc3c(c1)OCO3)CC2. The van der Waals surface area contributed by atoms with Gasteiger partial charge in [-0.2, -0.15) is 0 Å². The van der Waals surface area contributed by atoms with Crippen molar-refractivity contribution in [3.05, 3.63) is 64.8 Å². The summed E-state index contributed by atoms with van der Waals surface area (Å²) in [4.78, 5) is 28.7. The van der Waals surface area contributed by atoms with E-state index in [9.17, 15) is 9.59 Å². The van der Waals surface area contributed by atoms with Crippen molar-refractivity contribution in [2.24, 2.45) is 5.73 Å². The van der Waals surface area contributed by atoms with E-state index in [0.717, 1.165) is 34.6 Å². The van der Waals surface area contributed by atoms with Crippen molar-refractivity contribution < 1.29 is 23.8 Å². The molecule has 2 heterocycles. The van der Waals surface area contributed by atoms with Gasteiger partial charge in [0.2, 0.25) is 6.79 Å². The fourth-order valence-corrected chi connectivity index (χ4v) is 3.93. The Morgan fingerprint density at radius 2 is 1.93 bits per heavy atom. The minimum Gasteiger partial charge on any atom is -0.454 e. The van der Waals surface area contributed by atoms with Gasteiger partial charge in [-0.1, -0.05) is 24.3 Å². The van der Waals surface area contributed by atoms with Crippen LogP contribution < -0.4 is 15.2 Å². The summed E-state index contributed by atoms with van der Waals surface area (Å²) in [6.45, 7) is -0.230. The Hall–Kier alpha value is -3.87. The Bertz CT molecular complexity index is 1230. The number of hydrogen-bond donors (Lipinski definition) is 1. The quantitative estimate of drug-likeness (QED) is 0.673. The van der Waals surface area contributed by atoms with E-state index in [1.807, 2.05) is 48.5 Å². The van der Waals surface area contributed by atoms with Crippen molar-refractivity contribution >= 4 is 34.4 Å². The minimum absolute atomic E-state index is 0.225. The molecule has 0 saturated heterocycles. The summed E-state index contributed by atoms with van der Waals surface area (Å²) in [5, 5.41) is 0.704. The van der Waals surface area contributed by atoms with E-state index in [-0.39, 0.29) is 6.79 Å². The third-order valence-electron chi connectivity index (χ3n) is 5.23. The van der Waals surface area contributed by atoms with Crippen molar-refractivity contribution in [1.29, 1.82) is 0 Å². The van der Waals surface area contributed by atoms with Crippen LogP contribution in [-0.4, -0.2) is 30.3 Å². The standard InChI is InChI=1S/C23H18N2O5/c24-20(26)11-28-23(27)21-15-3-1-2-4-17(15)25-22-14(6-7-16(21)22)9-13-5-8-18-19(10-13)30-12-29-18/h1-5,8-10H,6-7,11-12H2,(H2,24,26)/b14-9-. The molecule has 0 unspecified atom stereocenters. The zero-order valence-electron chi connectivity index (χ0n) is 16.0. The molecule has 2 N–H and O–H groups in total. The van der Waals surface area contributed by atoms with Gasteiger partial charge in [-0.05, 0) is 53.8 Å². The number of nitrogens with two attached hydrogens (primary N) is 1. The molecule has 0 bridgehead atoms. The second-order valence-corrected chi connectivity index (χ2v) is 7.16. The normalized spacial score (nSPS) is 15.4. The van der Waals surface area contributed by atoms with Gasteiger partial charge in [-0.3, -0.25) is 4.79 Å². The molecular weight excluding hydrogens is 384 g/mol. The average Bonchev–Trinajstić information content (AvgIpc) is 3.37. The lowest BCUT2D eigenvalue weighted by Crippen LogP contribution is -2.21. The Morgan fingerprint density at radius 1 is 1.10 bits per heavy atom. The maximum Gasteiger partial charge on any atom is 0.339 e. The van der Waals surface area contributed by atoms with Gasteiger partial charge in [0, 0.05) is 5.39 Å². The van der Waals surface area contributed by atoms with Crippen LogP contribution in [0.2, 0.25) is 0 Å². The van der Waals surface area contributed by atoms with E-state index in [4.69, 9.17) is 24.9 Å². The van der Waals surface area contributed by atoms with Crippen LogP contribution in [0.4, 0.5) is 0 Å². The Kier molecular flexibility index (Phi) is 4.35. The van der Waals surface area contributed by atoms with Crippen LogP contribution in [0.1, 0.15) is 33.6 Å². The maximum absolute atomic E-state index is 12.8. The second-order valence-electron chi connectivity index (χ2n) is 7.16. The first-order valence-corrected chi connectivity index (χ1v) is 9.58. The summed E-state index contributed by atoms with van der Waals surface area (Å²) in [6, 6.07) is 13.2. The lowest BCUT2D eigenvalue weighted by atomic mass is 10.0. The van der Waals surface area contributed by atoms with E-state index in [1.165, 1.54) is 0 Å². The monoisotopic (exact) mass is 402 g/mol. The van der Waals surface area contributed by atoms with Gasteiger partial charge in [0.05, 0.1) is 16.8 Å². The van der Waals surface area contributed by atoms with Gasteiger partial charge in [-0.25, -0.2) is 9.78 Å². The molecule has 0 saturated carbocycles. The largest absolute Gasteiger partial charge is 0.454 e. The molecule has 30 heavy (non-hydrogen) atoms. The van der Waals surface area contributed by atoms with Gasteiger partial charge in [-0.15, -0.1) is 0 Å². The number of para-hydroxylation sites is 1. The van der Waals surface area contributed by atoms with Crippen molar-refractivity contribution in [2.45, 2.75) is 12.8 Å². The number of pyridine rings is 1. The van der Waals surface area contributed by atoms with Crippen LogP contribution in [0.3, 0.4) is 0 Å². The van der Waals surface area contributed by atoms with E-state index in [2.05, 4.69) is 0 Å². The zero-order chi connectivity index (χ0) is 20.7. The Morgan fingerprint density at radius 3 is 2.80 bits per heavy atom. The molecule has 0 radical (unpaired) electrons. The van der Waals surface area contributed by atoms with E-state index < -0.39 is 18.5 Å². The molecule has 1 aliphatic carbocycles. The number of ether oxygens (including phenoxy) is 3. The summed E-state index contributed by atoms with van der Waals surface area (Å²) in [6.07, 6.45) is 3.45. The fraction of sp³-hybridized carbons (Fsp3) is 0.174. The summed E-state index contributed by atoms with van der Waals surface area (Å²) >= 11 is 0. The van der Waals surface area contributed by atoms with Crippen LogP contribution in [0.15, 0.2) is 42.5 Å². The summed E-state index contributed by atoms with van der Waals surface area (Å²) < 4.78 is 16.0. The molecule has 0 spiro atoms. The molecule has 7 heteroatoms. The third kappa shape index (κ3) is 3.14. The molecule has 7 nitrogen and oxygen atoms in total. The average molecular weight is 402 g/mol. The lowest BCUT2D eigenvalue weighted by Gasteiger charge is -2.12.